The highest BCUT2D eigenvalue weighted by atomic mass is 16.5. The number of Topliss-reactive ketones (excluding diaryl/α,β-unsaturated/α-hetero) is 1. The fraction of sp³-hybridized carbons (Fsp3) is 0.857. The van der Waals surface area contributed by atoms with Crippen LogP contribution in [0.15, 0.2) is 12.7 Å². The lowest BCUT2D eigenvalue weighted by atomic mass is 9.67. The molecule has 0 aromatic carbocycles. The van der Waals surface area contributed by atoms with E-state index in [0.29, 0.717) is 24.0 Å². The molecule has 1 rings (SSSR count). The molecule has 1 aliphatic heterocycles. The van der Waals surface area contributed by atoms with Crippen LogP contribution in [0.25, 0.3) is 0 Å². The lowest BCUT2D eigenvalue weighted by molar-refractivity contribution is -0.120. The highest BCUT2D eigenvalue weighted by Gasteiger charge is 2.47. The number of carbonyl (C=O) groups excluding carboxylic acids is 1. The Morgan fingerprint density at radius 2 is 1.96 bits per heavy atom. The van der Waals surface area contributed by atoms with Crippen LogP contribution in [0.5, 0.6) is 0 Å². The van der Waals surface area contributed by atoms with Crippen molar-refractivity contribution in [2.75, 3.05) is 6.61 Å². The number of unbranched alkanes of at least 4 members (excludes halogenated alkanes) is 2. The summed E-state index contributed by atoms with van der Waals surface area (Å²) >= 11 is 0. The van der Waals surface area contributed by atoms with E-state index in [2.05, 4.69) is 54.2 Å². The molecule has 0 amide bonds. The van der Waals surface area contributed by atoms with Crippen molar-refractivity contribution in [2.45, 2.75) is 86.2 Å². The quantitative estimate of drug-likeness (QED) is 0.396. The summed E-state index contributed by atoms with van der Waals surface area (Å²) < 4.78 is 6.21. The number of hydrogen-bond acceptors (Lipinski definition) is 2. The molecule has 0 aromatic rings. The van der Waals surface area contributed by atoms with Crippen LogP contribution >= 0.6 is 0 Å². The Morgan fingerprint density at radius 1 is 1.30 bits per heavy atom. The molecular formula is C21H38O2. The number of carbonyl (C=O) groups is 1. The third-order valence-electron chi connectivity index (χ3n) is 5.46. The molecule has 1 aliphatic rings. The molecule has 0 saturated carbocycles. The van der Waals surface area contributed by atoms with Gasteiger partial charge in [-0.3, -0.25) is 4.79 Å². The van der Waals surface area contributed by atoms with Crippen LogP contribution in [0.1, 0.15) is 80.1 Å². The Bertz CT molecular complexity index is 389. The average molecular weight is 323 g/mol. The van der Waals surface area contributed by atoms with Crippen molar-refractivity contribution < 1.29 is 9.53 Å². The monoisotopic (exact) mass is 322 g/mol. The molecule has 3 atom stereocenters. The summed E-state index contributed by atoms with van der Waals surface area (Å²) in [6.07, 6.45) is 7.99. The van der Waals surface area contributed by atoms with Crippen LogP contribution in [0, 0.1) is 22.7 Å². The number of ether oxygens (including phenoxy) is 1. The van der Waals surface area contributed by atoms with Gasteiger partial charge in [-0.2, -0.15) is 0 Å². The van der Waals surface area contributed by atoms with Crippen molar-refractivity contribution in [1.82, 2.24) is 0 Å². The average Bonchev–Trinajstić information content (AvgIpc) is 2.72. The maximum Gasteiger partial charge on any atom is 0.132 e. The van der Waals surface area contributed by atoms with E-state index in [9.17, 15) is 4.79 Å². The summed E-state index contributed by atoms with van der Waals surface area (Å²) in [7, 11) is 0. The Labute approximate surface area is 144 Å². The predicted molar refractivity (Wildman–Crippen MR) is 98.5 cm³/mol. The first kappa shape index (κ1) is 20.4. The van der Waals surface area contributed by atoms with Crippen LogP contribution in [-0.4, -0.2) is 18.5 Å². The zero-order valence-corrected chi connectivity index (χ0v) is 16.3. The fourth-order valence-corrected chi connectivity index (χ4v) is 3.88. The number of hydrogen-bond donors (Lipinski definition) is 0. The Morgan fingerprint density at radius 3 is 2.48 bits per heavy atom. The second-order valence-corrected chi connectivity index (χ2v) is 9.03. The molecule has 0 spiro atoms. The van der Waals surface area contributed by atoms with E-state index in [4.69, 9.17) is 4.74 Å². The van der Waals surface area contributed by atoms with Crippen LogP contribution in [0.2, 0.25) is 0 Å². The lowest BCUT2D eigenvalue weighted by Gasteiger charge is -2.38. The molecule has 0 N–H and O–H groups in total. The maximum absolute atomic E-state index is 12.2. The minimum absolute atomic E-state index is 0.135. The molecule has 0 radical (unpaired) electrons. The van der Waals surface area contributed by atoms with Gasteiger partial charge in [0.25, 0.3) is 0 Å². The lowest BCUT2D eigenvalue weighted by Crippen LogP contribution is -2.38. The van der Waals surface area contributed by atoms with Gasteiger partial charge < -0.3 is 4.74 Å². The molecule has 2 heteroatoms. The molecule has 3 unspecified atom stereocenters. The van der Waals surface area contributed by atoms with Gasteiger partial charge in [0, 0.05) is 18.8 Å². The maximum atomic E-state index is 12.2. The highest BCUT2D eigenvalue weighted by Crippen LogP contribution is 2.47. The first-order valence-electron chi connectivity index (χ1n) is 9.39. The van der Waals surface area contributed by atoms with Gasteiger partial charge in [0.2, 0.25) is 0 Å². The highest BCUT2D eigenvalue weighted by molar-refractivity contribution is 5.78. The van der Waals surface area contributed by atoms with E-state index >= 15 is 0 Å². The Balaban J connectivity index is 2.71. The van der Waals surface area contributed by atoms with E-state index in [1.807, 2.05) is 0 Å². The van der Waals surface area contributed by atoms with Gasteiger partial charge in [-0.25, -0.2) is 0 Å². The topological polar surface area (TPSA) is 26.3 Å². The van der Waals surface area contributed by atoms with Crippen molar-refractivity contribution in [1.29, 1.82) is 0 Å². The third kappa shape index (κ3) is 5.74. The molecule has 0 bridgehead atoms. The largest absolute Gasteiger partial charge is 0.377 e. The molecule has 2 nitrogen and oxygen atoms in total. The summed E-state index contributed by atoms with van der Waals surface area (Å²) in [4.78, 5) is 12.2. The summed E-state index contributed by atoms with van der Waals surface area (Å²) in [6, 6.07) is 0. The van der Waals surface area contributed by atoms with Crippen molar-refractivity contribution in [2.24, 2.45) is 22.7 Å². The van der Waals surface area contributed by atoms with Crippen molar-refractivity contribution in [3.63, 3.8) is 0 Å². The van der Waals surface area contributed by atoms with Gasteiger partial charge in [0.15, 0.2) is 0 Å². The second-order valence-electron chi connectivity index (χ2n) is 9.03. The SMILES string of the molecule is C=CC1C(C(CCC(=O)CCCCC)C(C)(C)C)OCC1(C)C. The summed E-state index contributed by atoms with van der Waals surface area (Å²) in [5.41, 5.74) is 0.275. The van der Waals surface area contributed by atoms with Crippen molar-refractivity contribution in [3.8, 4) is 0 Å². The van der Waals surface area contributed by atoms with Gasteiger partial charge in [-0.15, -0.1) is 6.58 Å². The third-order valence-corrected chi connectivity index (χ3v) is 5.46. The van der Waals surface area contributed by atoms with Gasteiger partial charge in [0.05, 0.1) is 12.7 Å². The number of rotatable bonds is 9. The normalized spacial score (nSPS) is 25.3. The van der Waals surface area contributed by atoms with E-state index in [1.165, 1.54) is 6.42 Å². The molecule has 0 aliphatic carbocycles. The van der Waals surface area contributed by atoms with Crippen molar-refractivity contribution in [3.05, 3.63) is 12.7 Å². The summed E-state index contributed by atoms with van der Waals surface area (Å²) in [5.74, 6) is 1.17. The Kier molecular flexibility index (Phi) is 7.51. The zero-order valence-electron chi connectivity index (χ0n) is 16.3. The Hall–Kier alpha value is -0.630. The molecule has 1 fully saturated rings. The summed E-state index contributed by atoms with van der Waals surface area (Å²) in [6.45, 7) is 18.3. The molecule has 134 valence electrons. The van der Waals surface area contributed by atoms with Crippen molar-refractivity contribution >= 4 is 5.78 Å². The van der Waals surface area contributed by atoms with Crippen LogP contribution < -0.4 is 0 Å². The molecule has 1 saturated heterocycles. The van der Waals surface area contributed by atoms with Gasteiger partial charge in [0.1, 0.15) is 5.78 Å². The van der Waals surface area contributed by atoms with Crippen LogP contribution in [-0.2, 0) is 9.53 Å². The molecule has 0 aromatic heterocycles. The van der Waals surface area contributed by atoms with Gasteiger partial charge in [-0.05, 0) is 29.6 Å². The first-order valence-corrected chi connectivity index (χ1v) is 9.39. The minimum Gasteiger partial charge on any atom is -0.377 e. The molecule has 1 heterocycles. The summed E-state index contributed by atoms with van der Waals surface area (Å²) in [5, 5.41) is 0. The van der Waals surface area contributed by atoms with Crippen LogP contribution in [0.3, 0.4) is 0 Å². The van der Waals surface area contributed by atoms with Gasteiger partial charge in [-0.1, -0.05) is 60.5 Å². The zero-order chi connectivity index (χ0) is 17.7. The van der Waals surface area contributed by atoms with E-state index < -0.39 is 0 Å². The van der Waals surface area contributed by atoms with E-state index in [0.717, 1.165) is 32.3 Å². The predicted octanol–water partition coefficient (Wildman–Crippen LogP) is 5.81. The standard InChI is InChI=1S/C21H38O2/c1-8-10-11-12-16(22)13-14-18(20(3,4)5)19-17(9-2)21(6,7)15-23-19/h9,17-19H,2,8,10-15H2,1,3-7H3. The minimum atomic E-state index is 0.135. The first-order chi connectivity index (χ1) is 10.6. The van der Waals surface area contributed by atoms with Gasteiger partial charge >= 0.3 is 0 Å². The smallest absolute Gasteiger partial charge is 0.132 e. The van der Waals surface area contributed by atoms with Crippen LogP contribution in [0.4, 0.5) is 0 Å². The fourth-order valence-electron chi connectivity index (χ4n) is 3.88. The second kappa shape index (κ2) is 8.46. The number of ketones is 1. The van der Waals surface area contributed by atoms with E-state index in [-0.39, 0.29) is 16.9 Å². The van der Waals surface area contributed by atoms with E-state index in [1.54, 1.807) is 0 Å². The molecular weight excluding hydrogens is 284 g/mol. The molecule has 23 heavy (non-hydrogen) atoms.